The minimum absolute atomic E-state index is 0.0606. The van der Waals surface area contributed by atoms with Crippen molar-refractivity contribution in [1.82, 2.24) is 9.97 Å². The minimum atomic E-state index is -0.418. The minimum Gasteiger partial charge on any atom is -0.457 e. The van der Waals surface area contributed by atoms with E-state index >= 15 is 0 Å². The topological polar surface area (TPSA) is 93.3 Å². The summed E-state index contributed by atoms with van der Waals surface area (Å²) in [5.74, 6) is 3.93. The number of aromatic amines is 1. The number of hydrogen-bond acceptors (Lipinski definition) is 5. The lowest BCUT2D eigenvalue weighted by atomic mass is 9.54. The largest absolute Gasteiger partial charge is 0.457 e. The first-order valence-electron chi connectivity index (χ1n) is 16.4. The van der Waals surface area contributed by atoms with Crippen LogP contribution >= 0.6 is 0 Å². The molecule has 0 aliphatic heterocycles. The molecular weight excluding hydrogens is 550 g/mol. The second-order valence-electron chi connectivity index (χ2n) is 14.3. The van der Waals surface area contributed by atoms with Crippen molar-refractivity contribution in [3.63, 3.8) is 0 Å². The molecule has 228 valence electrons. The Balaban J connectivity index is 1.01. The normalized spacial score (nSPS) is 31.0. The van der Waals surface area contributed by atoms with Gasteiger partial charge in [0, 0.05) is 11.6 Å². The van der Waals surface area contributed by atoms with Gasteiger partial charge in [-0.3, -0.25) is 4.79 Å². The van der Waals surface area contributed by atoms with Gasteiger partial charge in [0.25, 0.3) is 5.91 Å². The van der Waals surface area contributed by atoms with E-state index in [4.69, 9.17) is 14.5 Å². The van der Waals surface area contributed by atoms with Gasteiger partial charge in [0.15, 0.2) is 5.69 Å². The number of fused-ring (bicyclic) bond motifs is 2. The zero-order valence-corrected chi connectivity index (χ0v) is 25.4. The van der Waals surface area contributed by atoms with Crippen molar-refractivity contribution in [2.24, 2.45) is 29.6 Å². The molecule has 1 heterocycles. The molecule has 5 fully saturated rings. The van der Waals surface area contributed by atoms with Crippen LogP contribution in [0, 0.1) is 36.5 Å². The van der Waals surface area contributed by atoms with E-state index in [9.17, 15) is 9.59 Å². The van der Waals surface area contributed by atoms with Crippen molar-refractivity contribution < 1.29 is 19.1 Å². The van der Waals surface area contributed by atoms with E-state index in [2.05, 4.69) is 22.5 Å². The zero-order valence-electron chi connectivity index (χ0n) is 25.4. The van der Waals surface area contributed by atoms with Gasteiger partial charge in [0.05, 0.1) is 23.5 Å². The first-order chi connectivity index (χ1) is 21.4. The van der Waals surface area contributed by atoms with Gasteiger partial charge >= 0.3 is 5.97 Å². The van der Waals surface area contributed by atoms with Gasteiger partial charge in [-0.05, 0) is 111 Å². The van der Waals surface area contributed by atoms with E-state index in [1.807, 2.05) is 49.4 Å². The van der Waals surface area contributed by atoms with E-state index in [1.165, 1.54) is 25.7 Å². The molecule has 7 nitrogen and oxygen atoms in total. The third-order valence-corrected chi connectivity index (χ3v) is 11.1. The molecule has 1 amide bonds. The molecule has 2 aromatic carbocycles. The molecule has 7 heteroatoms. The highest BCUT2D eigenvalue weighted by Crippen LogP contribution is 2.57. The number of H-pyrrole nitrogens is 1. The number of imidazole rings is 1. The average Bonchev–Trinajstić information content (AvgIpc) is 3.76. The summed E-state index contributed by atoms with van der Waals surface area (Å²) >= 11 is 0. The van der Waals surface area contributed by atoms with Gasteiger partial charge in [0.1, 0.15) is 12.4 Å². The Labute approximate surface area is 258 Å². The Morgan fingerprint density at radius 3 is 2.36 bits per heavy atom. The third-order valence-electron chi connectivity index (χ3n) is 11.1. The van der Waals surface area contributed by atoms with Gasteiger partial charge in [-0.25, -0.2) is 9.78 Å². The summed E-state index contributed by atoms with van der Waals surface area (Å²) in [6, 6.07) is 15.0. The Kier molecular flexibility index (Phi) is 6.97. The van der Waals surface area contributed by atoms with E-state index in [0.29, 0.717) is 41.3 Å². The van der Waals surface area contributed by atoms with Crippen LogP contribution in [-0.4, -0.2) is 27.4 Å². The summed E-state index contributed by atoms with van der Waals surface area (Å²) < 4.78 is 12.4. The number of rotatable bonds is 9. The summed E-state index contributed by atoms with van der Waals surface area (Å²) in [6.45, 7) is 2.43. The maximum atomic E-state index is 13.8. The summed E-state index contributed by atoms with van der Waals surface area (Å²) in [7, 11) is 0. The number of esters is 1. The number of nitrogens with zero attached hydrogens (tertiary/aromatic N) is 1. The summed E-state index contributed by atoms with van der Waals surface area (Å²) in [6.07, 6.45) is 14.4. The number of hydrogen-bond donors (Lipinski definition) is 2. The second-order valence-corrected chi connectivity index (χ2v) is 14.3. The van der Waals surface area contributed by atoms with Gasteiger partial charge in [0.2, 0.25) is 0 Å². The number of anilines is 1. The number of aromatic nitrogens is 2. The van der Waals surface area contributed by atoms with E-state index in [-0.39, 0.29) is 18.1 Å². The molecule has 6 aliphatic rings. The quantitative estimate of drug-likeness (QED) is 0.199. The van der Waals surface area contributed by atoms with Gasteiger partial charge in [-0.2, -0.15) is 0 Å². The Morgan fingerprint density at radius 1 is 0.932 bits per heavy atom. The number of nitrogens with one attached hydrogen (secondary N) is 2. The Hall–Kier alpha value is -3.71. The van der Waals surface area contributed by atoms with Crippen molar-refractivity contribution in [3.05, 3.63) is 94.6 Å². The van der Waals surface area contributed by atoms with Crippen LogP contribution in [0.25, 0.3) is 0 Å². The highest BCUT2D eigenvalue weighted by Gasteiger charge is 2.52. The van der Waals surface area contributed by atoms with Crippen molar-refractivity contribution in [2.45, 2.75) is 83.0 Å². The lowest BCUT2D eigenvalue weighted by Crippen LogP contribution is -2.51. The van der Waals surface area contributed by atoms with Crippen LogP contribution in [0.4, 0.5) is 5.69 Å². The smallest absolute Gasteiger partial charge is 0.338 e. The Morgan fingerprint density at radius 2 is 1.68 bits per heavy atom. The maximum absolute atomic E-state index is 13.8. The third kappa shape index (κ3) is 5.29. The van der Waals surface area contributed by atoms with Crippen LogP contribution in [0.3, 0.4) is 0 Å². The molecule has 9 rings (SSSR count). The summed E-state index contributed by atoms with van der Waals surface area (Å²) in [5, 5.41) is 3.03. The van der Waals surface area contributed by atoms with Gasteiger partial charge in [-0.1, -0.05) is 48.6 Å². The molecule has 0 spiro atoms. The molecule has 5 saturated carbocycles. The number of ether oxygens (including phenoxy) is 2. The molecule has 1 unspecified atom stereocenters. The van der Waals surface area contributed by atoms with Crippen molar-refractivity contribution >= 4 is 17.6 Å². The molecular formula is C37H41N3O4. The van der Waals surface area contributed by atoms with Gasteiger partial charge < -0.3 is 19.8 Å². The molecule has 2 N–H and O–H groups in total. The fourth-order valence-electron chi connectivity index (χ4n) is 9.34. The lowest BCUT2D eigenvalue weighted by Gasteiger charge is -2.56. The molecule has 0 saturated heterocycles. The zero-order chi connectivity index (χ0) is 29.8. The number of carbonyl (C=O) groups excluding carboxylic acids is 2. The number of benzene rings is 2. The Bertz CT molecular complexity index is 1570. The van der Waals surface area contributed by atoms with Crippen LogP contribution in [0.1, 0.15) is 101 Å². The maximum Gasteiger partial charge on any atom is 0.338 e. The number of allylic oxidation sites excluding steroid dienone is 2. The molecule has 3 atom stereocenters. The molecule has 3 aromatic rings. The van der Waals surface area contributed by atoms with Crippen LogP contribution in [0.15, 0.2) is 60.7 Å². The SMILES string of the molecule is Cc1ccc(NC(=O)c2nc([C@H]3CC4C=C[C@@H]3C4)[nH]c2COC23CC4CC(CC(C4)C2)C3)cc1C(=O)OCc1ccccc1. The fourth-order valence-corrected chi connectivity index (χ4v) is 9.34. The van der Waals surface area contributed by atoms with Crippen LogP contribution in [0.5, 0.6) is 0 Å². The summed E-state index contributed by atoms with van der Waals surface area (Å²) in [5.41, 5.74) is 3.77. The first kappa shape index (κ1) is 27.8. The number of carbonyl (C=O) groups is 2. The molecule has 0 radical (unpaired) electrons. The van der Waals surface area contributed by atoms with Crippen molar-refractivity contribution in [2.75, 3.05) is 5.32 Å². The average molecular weight is 592 g/mol. The van der Waals surface area contributed by atoms with Crippen molar-refractivity contribution in [3.8, 4) is 0 Å². The van der Waals surface area contributed by atoms with Crippen LogP contribution in [-0.2, 0) is 22.7 Å². The van der Waals surface area contributed by atoms with E-state index in [1.54, 1.807) is 6.07 Å². The van der Waals surface area contributed by atoms with Crippen LogP contribution < -0.4 is 5.32 Å². The van der Waals surface area contributed by atoms with E-state index < -0.39 is 5.97 Å². The predicted octanol–water partition coefficient (Wildman–Crippen LogP) is 7.49. The molecule has 6 aliphatic carbocycles. The number of amides is 1. The van der Waals surface area contributed by atoms with E-state index in [0.717, 1.165) is 66.1 Å². The molecule has 6 bridgehead atoms. The van der Waals surface area contributed by atoms with Gasteiger partial charge in [-0.15, -0.1) is 0 Å². The molecule has 44 heavy (non-hydrogen) atoms. The standard InChI is InChI=1S/C37H41N3O4/c1-22-7-10-29(16-30(22)36(42)43-20-23-5-3-2-4-6-23)38-35(41)33-32(39-34(40-33)31-15-24-8-9-28(31)14-24)21-44-37-17-25-11-26(18-37)13-27(12-25)19-37/h2-10,16,24-28,31H,11-15,17-21H2,1H3,(H,38,41)(H,39,40)/t24?,25?,26?,27?,28-,31+,37?/m1/s1. The fraction of sp³-hybridized carbons (Fsp3) is 0.486. The monoisotopic (exact) mass is 591 g/mol. The first-order valence-corrected chi connectivity index (χ1v) is 16.4. The second kappa shape index (κ2) is 11.0. The highest BCUT2D eigenvalue weighted by atomic mass is 16.5. The molecule has 1 aromatic heterocycles. The highest BCUT2D eigenvalue weighted by molar-refractivity contribution is 6.04. The predicted molar refractivity (Wildman–Crippen MR) is 167 cm³/mol. The lowest BCUT2D eigenvalue weighted by molar-refractivity contribution is -0.169. The number of aryl methyl sites for hydroxylation is 1. The van der Waals surface area contributed by atoms with Crippen LogP contribution in [0.2, 0.25) is 0 Å². The van der Waals surface area contributed by atoms with Crippen molar-refractivity contribution in [1.29, 1.82) is 0 Å². The summed E-state index contributed by atoms with van der Waals surface area (Å²) in [4.78, 5) is 35.3.